The number of carboxylic acids is 1. The van der Waals surface area contributed by atoms with Gasteiger partial charge in [-0.15, -0.1) is 0 Å². The Morgan fingerprint density at radius 3 is 2.75 bits per heavy atom. The number of pyridine rings is 1. The highest BCUT2D eigenvalue weighted by Gasteiger charge is 2.27. The van der Waals surface area contributed by atoms with Crippen LogP contribution in [0.4, 0.5) is 0 Å². The molecule has 28 heavy (non-hydrogen) atoms. The van der Waals surface area contributed by atoms with Crippen molar-refractivity contribution in [3.63, 3.8) is 0 Å². The summed E-state index contributed by atoms with van der Waals surface area (Å²) in [4.78, 5) is 24.5. The van der Waals surface area contributed by atoms with Crippen LogP contribution in [0.25, 0.3) is 11.1 Å². The SMILES string of the molecule is N#Cc1ccc(Cl)cc1-c1cc(=O)n(C(CC2CCCCO2)C(=O)O)cc1Cl. The number of halogens is 2. The number of rotatable bonds is 5. The van der Waals surface area contributed by atoms with Gasteiger partial charge in [0.15, 0.2) is 0 Å². The van der Waals surface area contributed by atoms with Crippen LogP contribution < -0.4 is 5.56 Å². The molecule has 1 saturated heterocycles. The first-order chi connectivity index (χ1) is 13.4. The highest BCUT2D eigenvalue weighted by molar-refractivity contribution is 6.33. The van der Waals surface area contributed by atoms with Gasteiger partial charge in [-0.2, -0.15) is 5.26 Å². The van der Waals surface area contributed by atoms with Gasteiger partial charge >= 0.3 is 5.97 Å². The minimum absolute atomic E-state index is 0.161. The van der Waals surface area contributed by atoms with E-state index in [-0.39, 0.29) is 17.5 Å². The molecule has 1 fully saturated rings. The number of benzene rings is 1. The summed E-state index contributed by atoms with van der Waals surface area (Å²) in [6.07, 6.45) is 3.97. The van der Waals surface area contributed by atoms with Crippen LogP contribution in [0.3, 0.4) is 0 Å². The lowest BCUT2D eigenvalue weighted by Crippen LogP contribution is -2.33. The molecule has 0 radical (unpaired) electrons. The first-order valence-electron chi connectivity index (χ1n) is 8.87. The first kappa shape index (κ1) is 20.4. The molecule has 1 aromatic heterocycles. The lowest BCUT2D eigenvalue weighted by atomic mass is 10.00. The molecule has 8 heteroatoms. The van der Waals surface area contributed by atoms with Gasteiger partial charge in [-0.3, -0.25) is 9.36 Å². The fraction of sp³-hybridized carbons (Fsp3) is 0.350. The third-order valence-electron chi connectivity index (χ3n) is 4.81. The van der Waals surface area contributed by atoms with E-state index in [1.165, 1.54) is 12.3 Å². The fourth-order valence-electron chi connectivity index (χ4n) is 3.38. The number of carboxylic acid groups (broad SMARTS) is 1. The molecule has 1 N–H and O–H groups in total. The summed E-state index contributed by atoms with van der Waals surface area (Å²) < 4.78 is 6.74. The van der Waals surface area contributed by atoms with E-state index in [4.69, 9.17) is 27.9 Å². The topological polar surface area (TPSA) is 92.3 Å². The van der Waals surface area contributed by atoms with Crippen molar-refractivity contribution in [3.05, 3.63) is 56.4 Å². The van der Waals surface area contributed by atoms with Crippen molar-refractivity contribution in [2.45, 2.75) is 37.8 Å². The zero-order chi connectivity index (χ0) is 20.3. The Labute approximate surface area is 171 Å². The van der Waals surface area contributed by atoms with Gasteiger partial charge in [-0.1, -0.05) is 23.2 Å². The van der Waals surface area contributed by atoms with Crippen LogP contribution in [0.15, 0.2) is 35.3 Å². The maximum Gasteiger partial charge on any atom is 0.326 e. The van der Waals surface area contributed by atoms with E-state index in [1.54, 1.807) is 18.2 Å². The van der Waals surface area contributed by atoms with Crippen molar-refractivity contribution in [1.29, 1.82) is 5.26 Å². The van der Waals surface area contributed by atoms with Crippen LogP contribution >= 0.6 is 23.2 Å². The van der Waals surface area contributed by atoms with Gasteiger partial charge in [0.25, 0.3) is 5.56 Å². The molecule has 0 aliphatic carbocycles. The van der Waals surface area contributed by atoms with E-state index in [0.29, 0.717) is 28.3 Å². The molecular formula is C20H18Cl2N2O4. The summed E-state index contributed by atoms with van der Waals surface area (Å²) in [6, 6.07) is 6.86. The molecule has 2 aromatic rings. The fourth-order valence-corrected chi connectivity index (χ4v) is 3.82. The second-order valence-electron chi connectivity index (χ2n) is 6.66. The number of hydrogen-bond donors (Lipinski definition) is 1. The summed E-state index contributed by atoms with van der Waals surface area (Å²) in [6.45, 7) is 0.595. The summed E-state index contributed by atoms with van der Waals surface area (Å²) in [5, 5.41) is 19.5. The van der Waals surface area contributed by atoms with Gasteiger partial charge in [0.05, 0.1) is 22.8 Å². The van der Waals surface area contributed by atoms with Crippen molar-refractivity contribution < 1.29 is 14.6 Å². The van der Waals surface area contributed by atoms with E-state index in [0.717, 1.165) is 23.8 Å². The van der Waals surface area contributed by atoms with E-state index in [2.05, 4.69) is 0 Å². The van der Waals surface area contributed by atoms with Crippen LogP contribution in [-0.2, 0) is 9.53 Å². The Bertz CT molecular complexity index is 991. The standard InChI is InChI=1S/C20H18Cl2N2O4/c21-13-5-4-12(10-23)15(7-13)16-9-19(25)24(11-17(16)22)18(20(26)27)8-14-3-1-2-6-28-14/h4-5,7,9,11,14,18H,1-3,6,8H2,(H,26,27). The second-order valence-corrected chi connectivity index (χ2v) is 7.50. The number of nitrogens with zero attached hydrogens (tertiary/aromatic N) is 2. The minimum atomic E-state index is -1.12. The van der Waals surface area contributed by atoms with E-state index in [1.807, 2.05) is 6.07 Å². The van der Waals surface area contributed by atoms with Crippen LogP contribution in [0.1, 0.15) is 37.3 Å². The Kier molecular flexibility index (Phi) is 6.40. The largest absolute Gasteiger partial charge is 0.480 e. The molecule has 2 atom stereocenters. The predicted octanol–water partition coefficient (Wildman–Crippen LogP) is 4.28. The predicted molar refractivity (Wildman–Crippen MR) is 106 cm³/mol. The number of carbonyl (C=O) groups is 1. The Hall–Kier alpha value is -2.33. The van der Waals surface area contributed by atoms with E-state index >= 15 is 0 Å². The molecule has 0 amide bonds. The quantitative estimate of drug-likeness (QED) is 0.778. The molecule has 0 spiro atoms. The lowest BCUT2D eigenvalue weighted by molar-refractivity contribution is -0.142. The number of nitriles is 1. The van der Waals surface area contributed by atoms with Crippen LogP contribution in [0.5, 0.6) is 0 Å². The first-order valence-corrected chi connectivity index (χ1v) is 9.62. The van der Waals surface area contributed by atoms with Crippen LogP contribution in [0, 0.1) is 11.3 Å². The van der Waals surface area contributed by atoms with Gasteiger partial charge in [0.2, 0.25) is 0 Å². The van der Waals surface area contributed by atoms with Crippen LogP contribution in [-0.4, -0.2) is 28.4 Å². The normalized spacial score (nSPS) is 17.7. The average Bonchev–Trinajstić information content (AvgIpc) is 2.68. The summed E-state index contributed by atoms with van der Waals surface area (Å²) in [5.74, 6) is -1.12. The molecule has 1 aliphatic rings. The zero-order valence-electron chi connectivity index (χ0n) is 14.9. The van der Waals surface area contributed by atoms with Crippen molar-refractivity contribution in [2.75, 3.05) is 6.61 Å². The molecule has 3 rings (SSSR count). The third-order valence-corrected chi connectivity index (χ3v) is 5.34. The van der Waals surface area contributed by atoms with Gasteiger partial charge in [-0.25, -0.2) is 4.79 Å². The van der Waals surface area contributed by atoms with Crippen molar-refractivity contribution >= 4 is 29.2 Å². The van der Waals surface area contributed by atoms with Crippen molar-refractivity contribution in [2.24, 2.45) is 0 Å². The number of aromatic nitrogens is 1. The number of hydrogen-bond acceptors (Lipinski definition) is 4. The highest BCUT2D eigenvalue weighted by Crippen LogP contribution is 2.32. The molecular weight excluding hydrogens is 403 g/mol. The van der Waals surface area contributed by atoms with Gasteiger partial charge in [-0.05, 0) is 37.5 Å². The molecule has 0 bridgehead atoms. The van der Waals surface area contributed by atoms with Gasteiger partial charge in [0, 0.05) is 41.4 Å². The Morgan fingerprint density at radius 1 is 1.32 bits per heavy atom. The smallest absolute Gasteiger partial charge is 0.326 e. The van der Waals surface area contributed by atoms with E-state index < -0.39 is 17.6 Å². The van der Waals surface area contributed by atoms with Gasteiger partial charge in [0.1, 0.15) is 6.04 Å². The molecule has 2 heterocycles. The molecule has 2 unspecified atom stereocenters. The Balaban J connectivity index is 2.01. The highest BCUT2D eigenvalue weighted by atomic mass is 35.5. The molecule has 146 valence electrons. The zero-order valence-corrected chi connectivity index (χ0v) is 16.4. The molecule has 0 saturated carbocycles. The summed E-state index contributed by atoms with van der Waals surface area (Å²) >= 11 is 12.4. The second kappa shape index (κ2) is 8.78. The molecule has 1 aromatic carbocycles. The number of aliphatic carboxylic acids is 1. The van der Waals surface area contributed by atoms with Crippen LogP contribution in [0.2, 0.25) is 10.0 Å². The number of ether oxygens (including phenoxy) is 1. The minimum Gasteiger partial charge on any atom is -0.480 e. The molecule has 6 nitrogen and oxygen atoms in total. The maximum atomic E-state index is 12.7. The van der Waals surface area contributed by atoms with Gasteiger partial charge < -0.3 is 9.84 Å². The van der Waals surface area contributed by atoms with Crippen molar-refractivity contribution in [1.82, 2.24) is 4.57 Å². The maximum absolute atomic E-state index is 12.7. The van der Waals surface area contributed by atoms with E-state index in [9.17, 15) is 20.0 Å². The monoisotopic (exact) mass is 420 g/mol. The lowest BCUT2D eigenvalue weighted by Gasteiger charge is -2.26. The average molecular weight is 421 g/mol. The summed E-state index contributed by atoms with van der Waals surface area (Å²) in [5.41, 5.74) is 0.548. The Morgan fingerprint density at radius 2 is 2.11 bits per heavy atom. The molecule has 1 aliphatic heterocycles. The summed E-state index contributed by atoms with van der Waals surface area (Å²) in [7, 11) is 0. The van der Waals surface area contributed by atoms with Crippen molar-refractivity contribution in [3.8, 4) is 17.2 Å². The third kappa shape index (κ3) is 4.39.